The van der Waals surface area contributed by atoms with Crippen molar-refractivity contribution in [2.45, 2.75) is 31.2 Å². The van der Waals surface area contributed by atoms with Gasteiger partial charge in [0.1, 0.15) is 0 Å². The number of halogens is 1. The van der Waals surface area contributed by atoms with Crippen LogP contribution in [0.25, 0.3) is 0 Å². The molecule has 1 fully saturated rings. The van der Waals surface area contributed by atoms with E-state index < -0.39 is 10.0 Å². The molecule has 0 radical (unpaired) electrons. The second-order valence-corrected chi connectivity index (χ2v) is 7.00. The van der Waals surface area contributed by atoms with Crippen molar-refractivity contribution in [3.05, 3.63) is 29.3 Å². The van der Waals surface area contributed by atoms with Crippen molar-refractivity contribution < 1.29 is 8.42 Å². The van der Waals surface area contributed by atoms with Gasteiger partial charge in [0.25, 0.3) is 0 Å². The number of nitriles is 1. The number of aryl methyl sites for hydroxylation is 1. The predicted octanol–water partition coefficient (Wildman–Crippen LogP) is 1.56. The Morgan fingerprint density at radius 1 is 1.43 bits per heavy atom. The molecule has 0 amide bonds. The van der Waals surface area contributed by atoms with Crippen LogP contribution in [-0.4, -0.2) is 27.5 Å². The second-order valence-electron chi connectivity index (χ2n) is 5.29. The van der Waals surface area contributed by atoms with E-state index in [1.807, 2.05) is 6.07 Å². The molecule has 2 rings (SSSR count). The molecule has 0 spiro atoms. The first kappa shape index (κ1) is 17.9. The van der Waals surface area contributed by atoms with E-state index in [4.69, 9.17) is 5.26 Å². The quantitative estimate of drug-likeness (QED) is 0.881. The Kier molecular flexibility index (Phi) is 6.17. The highest BCUT2D eigenvalue weighted by atomic mass is 35.5. The second kappa shape index (κ2) is 7.23. The van der Waals surface area contributed by atoms with Gasteiger partial charge in [0.05, 0.1) is 16.5 Å². The van der Waals surface area contributed by atoms with Gasteiger partial charge in [0.2, 0.25) is 10.0 Å². The highest BCUT2D eigenvalue weighted by molar-refractivity contribution is 7.89. The van der Waals surface area contributed by atoms with Crippen LogP contribution in [0.15, 0.2) is 23.1 Å². The summed E-state index contributed by atoms with van der Waals surface area (Å²) in [5.74, 6) is 0.311. The van der Waals surface area contributed by atoms with Crippen LogP contribution in [0.4, 0.5) is 0 Å². The Hall–Kier alpha value is -1.13. The van der Waals surface area contributed by atoms with Crippen LogP contribution in [-0.2, 0) is 10.0 Å². The summed E-state index contributed by atoms with van der Waals surface area (Å²) in [7, 11) is -3.54. The monoisotopic (exact) mass is 329 g/mol. The summed E-state index contributed by atoms with van der Waals surface area (Å²) in [5.41, 5.74) is 1.17. The lowest BCUT2D eigenvalue weighted by molar-refractivity contribution is 0.327. The van der Waals surface area contributed by atoms with E-state index in [0.29, 0.717) is 23.6 Å². The third-order valence-corrected chi connectivity index (χ3v) is 5.25. The van der Waals surface area contributed by atoms with Gasteiger partial charge in [0.15, 0.2) is 0 Å². The summed E-state index contributed by atoms with van der Waals surface area (Å²) in [5, 5.41) is 12.1. The zero-order chi connectivity index (χ0) is 14.8. The molecule has 1 aromatic rings. The molecule has 0 bridgehead atoms. The number of sulfonamides is 1. The van der Waals surface area contributed by atoms with E-state index in [0.717, 1.165) is 13.0 Å². The van der Waals surface area contributed by atoms with Gasteiger partial charge in [-0.25, -0.2) is 13.1 Å². The average molecular weight is 330 g/mol. The molecule has 1 aliphatic heterocycles. The minimum absolute atomic E-state index is 0. The summed E-state index contributed by atoms with van der Waals surface area (Å²) in [6, 6.07) is 6.52. The van der Waals surface area contributed by atoms with Gasteiger partial charge >= 0.3 is 0 Å². The maximum absolute atomic E-state index is 12.4. The van der Waals surface area contributed by atoms with Crippen LogP contribution in [0.1, 0.15) is 24.5 Å². The molecule has 1 saturated heterocycles. The smallest absolute Gasteiger partial charge is 0.240 e. The van der Waals surface area contributed by atoms with Gasteiger partial charge in [-0.1, -0.05) is 6.92 Å². The molecule has 1 heterocycles. The molecular weight excluding hydrogens is 310 g/mol. The fourth-order valence-corrected chi connectivity index (χ4v) is 3.77. The Bertz CT molecular complexity index is 640. The average Bonchev–Trinajstić information content (AvgIpc) is 2.41. The number of hydrogen-bond acceptors (Lipinski definition) is 4. The highest BCUT2D eigenvalue weighted by Crippen LogP contribution is 2.18. The molecule has 0 saturated carbocycles. The number of nitrogens with one attached hydrogen (secondary N) is 2. The first-order valence-electron chi connectivity index (χ1n) is 6.68. The SMILES string of the molecule is Cc1cc(S(=O)(=O)NC2CNCCC2C)ccc1C#N.Cl. The molecule has 0 aliphatic carbocycles. The number of hydrogen-bond donors (Lipinski definition) is 2. The summed E-state index contributed by atoms with van der Waals surface area (Å²) in [4.78, 5) is 0.215. The lowest BCUT2D eigenvalue weighted by Gasteiger charge is -2.30. The normalized spacial score (nSPS) is 22.1. The topological polar surface area (TPSA) is 82.0 Å². The first-order valence-corrected chi connectivity index (χ1v) is 8.16. The van der Waals surface area contributed by atoms with Crippen molar-refractivity contribution in [3.8, 4) is 6.07 Å². The highest BCUT2D eigenvalue weighted by Gasteiger charge is 2.26. The summed E-state index contributed by atoms with van der Waals surface area (Å²) in [6.07, 6.45) is 0.958. The van der Waals surface area contributed by atoms with Crippen LogP contribution in [0.3, 0.4) is 0 Å². The predicted molar refractivity (Wildman–Crippen MR) is 83.9 cm³/mol. The third kappa shape index (κ3) is 4.17. The molecule has 2 unspecified atom stereocenters. The van der Waals surface area contributed by atoms with Crippen molar-refractivity contribution in [2.24, 2.45) is 5.92 Å². The van der Waals surface area contributed by atoms with Crippen LogP contribution in [0, 0.1) is 24.2 Å². The Morgan fingerprint density at radius 2 is 2.14 bits per heavy atom. The van der Waals surface area contributed by atoms with Gasteiger partial charge in [-0.05, 0) is 49.6 Å². The molecule has 1 aliphatic rings. The van der Waals surface area contributed by atoms with Gasteiger partial charge in [-0.15, -0.1) is 12.4 Å². The number of piperidine rings is 1. The molecule has 2 N–H and O–H groups in total. The third-order valence-electron chi connectivity index (χ3n) is 3.76. The molecule has 0 aromatic heterocycles. The van der Waals surface area contributed by atoms with Gasteiger partial charge < -0.3 is 5.32 Å². The summed E-state index contributed by atoms with van der Waals surface area (Å²) in [6.45, 7) is 5.37. The molecule has 21 heavy (non-hydrogen) atoms. The zero-order valence-corrected chi connectivity index (χ0v) is 13.7. The molecule has 7 heteroatoms. The fourth-order valence-electron chi connectivity index (χ4n) is 2.34. The van der Waals surface area contributed by atoms with E-state index in [1.54, 1.807) is 19.1 Å². The minimum atomic E-state index is -3.54. The Morgan fingerprint density at radius 3 is 2.71 bits per heavy atom. The fraction of sp³-hybridized carbons (Fsp3) is 0.500. The van der Waals surface area contributed by atoms with Crippen molar-refractivity contribution in [3.63, 3.8) is 0 Å². The minimum Gasteiger partial charge on any atom is -0.315 e. The van der Waals surface area contributed by atoms with E-state index in [2.05, 4.69) is 17.0 Å². The van der Waals surface area contributed by atoms with Crippen LogP contribution in [0.5, 0.6) is 0 Å². The zero-order valence-electron chi connectivity index (χ0n) is 12.1. The van der Waals surface area contributed by atoms with E-state index in [-0.39, 0.29) is 23.3 Å². The van der Waals surface area contributed by atoms with Crippen molar-refractivity contribution >= 4 is 22.4 Å². The van der Waals surface area contributed by atoms with Crippen LogP contribution < -0.4 is 10.0 Å². The van der Waals surface area contributed by atoms with E-state index in [9.17, 15) is 8.42 Å². The van der Waals surface area contributed by atoms with Crippen molar-refractivity contribution in [2.75, 3.05) is 13.1 Å². The molecular formula is C14H20ClN3O2S. The standard InChI is InChI=1S/C14H19N3O2S.ClH/c1-10-5-6-16-9-14(10)17-20(18,19)13-4-3-12(8-15)11(2)7-13;/h3-4,7,10,14,16-17H,5-6,9H2,1-2H3;1H. The van der Waals surface area contributed by atoms with Gasteiger partial charge in [0, 0.05) is 12.6 Å². The molecule has 2 atom stereocenters. The maximum Gasteiger partial charge on any atom is 0.240 e. The van der Waals surface area contributed by atoms with Crippen molar-refractivity contribution in [1.29, 1.82) is 5.26 Å². The van der Waals surface area contributed by atoms with Gasteiger partial charge in [-0.3, -0.25) is 0 Å². The van der Waals surface area contributed by atoms with Gasteiger partial charge in [-0.2, -0.15) is 5.26 Å². The van der Waals surface area contributed by atoms with Crippen LogP contribution >= 0.6 is 12.4 Å². The maximum atomic E-state index is 12.4. The number of benzene rings is 1. The lowest BCUT2D eigenvalue weighted by Crippen LogP contribution is -2.50. The Labute approximate surface area is 132 Å². The number of rotatable bonds is 3. The van der Waals surface area contributed by atoms with Crippen LogP contribution in [0.2, 0.25) is 0 Å². The Balaban J connectivity index is 0.00000220. The van der Waals surface area contributed by atoms with Crippen molar-refractivity contribution in [1.82, 2.24) is 10.0 Å². The molecule has 116 valence electrons. The summed E-state index contributed by atoms with van der Waals surface area (Å²) < 4.78 is 27.5. The largest absolute Gasteiger partial charge is 0.315 e. The molecule has 1 aromatic carbocycles. The van der Waals surface area contributed by atoms with E-state index >= 15 is 0 Å². The van der Waals surface area contributed by atoms with E-state index in [1.165, 1.54) is 6.07 Å². The number of nitrogens with zero attached hydrogens (tertiary/aromatic N) is 1. The lowest BCUT2D eigenvalue weighted by atomic mass is 9.96. The summed E-state index contributed by atoms with van der Waals surface area (Å²) >= 11 is 0. The first-order chi connectivity index (χ1) is 9.44. The molecule has 5 nitrogen and oxygen atoms in total.